The highest BCUT2D eigenvalue weighted by Crippen LogP contribution is 2.40. The van der Waals surface area contributed by atoms with E-state index in [0.717, 1.165) is 6.54 Å². The zero-order chi connectivity index (χ0) is 12.5. The molecule has 0 bridgehead atoms. The summed E-state index contributed by atoms with van der Waals surface area (Å²) in [6.45, 7) is 1.16. The molecule has 3 nitrogen and oxygen atoms in total. The molecule has 18 heavy (non-hydrogen) atoms. The number of alkyl halides is 1. The van der Waals surface area contributed by atoms with Gasteiger partial charge >= 0.3 is 0 Å². The van der Waals surface area contributed by atoms with Crippen LogP contribution in [0.25, 0.3) is 0 Å². The quantitative estimate of drug-likeness (QED) is 0.638. The average Bonchev–Trinajstić information content (AvgIpc) is 2.41. The maximum atomic E-state index is 6.56. The van der Waals surface area contributed by atoms with Crippen LogP contribution >= 0.6 is 11.6 Å². The van der Waals surface area contributed by atoms with Gasteiger partial charge in [0, 0.05) is 17.5 Å². The van der Waals surface area contributed by atoms with Crippen LogP contribution in [0.3, 0.4) is 0 Å². The van der Waals surface area contributed by atoms with Crippen LogP contribution in [-0.4, -0.2) is 30.2 Å². The van der Waals surface area contributed by atoms with Gasteiger partial charge in [-0.1, -0.05) is 12.8 Å². The van der Waals surface area contributed by atoms with Crippen LogP contribution in [0.2, 0.25) is 0 Å². The lowest BCUT2D eigenvalue weighted by atomic mass is 9.70. The van der Waals surface area contributed by atoms with E-state index in [1.165, 1.54) is 44.9 Å². The highest BCUT2D eigenvalue weighted by molar-refractivity contribution is 6.20. The highest BCUT2D eigenvalue weighted by atomic mass is 35.5. The van der Waals surface area contributed by atoms with Crippen molar-refractivity contribution in [2.75, 3.05) is 6.54 Å². The van der Waals surface area contributed by atoms with Crippen molar-refractivity contribution in [3.63, 3.8) is 0 Å². The second-order valence-corrected chi connectivity index (χ2v) is 6.93. The van der Waals surface area contributed by atoms with Crippen molar-refractivity contribution in [1.29, 1.82) is 0 Å². The second-order valence-electron chi connectivity index (χ2n) is 6.37. The molecule has 104 valence electrons. The Morgan fingerprint density at radius 3 is 2.61 bits per heavy atom. The molecule has 2 heterocycles. The van der Waals surface area contributed by atoms with Gasteiger partial charge in [-0.05, 0) is 50.5 Å². The van der Waals surface area contributed by atoms with Crippen molar-refractivity contribution in [2.24, 2.45) is 17.6 Å². The Hall–Kier alpha value is 0.170. The summed E-state index contributed by atoms with van der Waals surface area (Å²) in [5, 5.41) is 7.67. The predicted octanol–water partition coefficient (Wildman–Crippen LogP) is 1.80. The summed E-state index contributed by atoms with van der Waals surface area (Å²) < 4.78 is 0. The third-order valence-electron chi connectivity index (χ3n) is 5.26. The van der Waals surface area contributed by atoms with Gasteiger partial charge in [0.25, 0.3) is 0 Å². The molecule has 1 saturated carbocycles. The van der Waals surface area contributed by atoms with Gasteiger partial charge in [-0.15, -0.1) is 11.6 Å². The third kappa shape index (κ3) is 2.55. The highest BCUT2D eigenvalue weighted by Gasteiger charge is 2.43. The van der Waals surface area contributed by atoms with E-state index in [-0.39, 0.29) is 6.17 Å². The van der Waals surface area contributed by atoms with Crippen molar-refractivity contribution < 1.29 is 0 Å². The number of piperidine rings is 2. The van der Waals surface area contributed by atoms with Gasteiger partial charge in [-0.25, -0.2) is 0 Å². The van der Waals surface area contributed by atoms with E-state index in [2.05, 4.69) is 10.6 Å². The second kappa shape index (κ2) is 5.66. The lowest BCUT2D eigenvalue weighted by Crippen LogP contribution is -2.64. The summed E-state index contributed by atoms with van der Waals surface area (Å²) in [7, 11) is 0. The normalized spacial score (nSPS) is 49.7. The molecule has 2 saturated heterocycles. The van der Waals surface area contributed by atoms with Crippen molar-refractivity contribution in [2.45, 2.75) is 68.6 Å². The van der Waals surface area contributed by atoms with Gasteiger partial charge in [0.15, 0.2) is 0 Å². The molecule has 0 aromatic carbocycles. The van der Waals surface area contributed by atoms with Crippen LogP contribution in [0.15, 0.2) is 0 Å². The molecule has 0 aromatic rings. The third-order valence-corrected chi connectivity index (χ3v) is 5.80. The summed E-state index contributed by atoms with van der Waals surface area (Å²) >= 11 is 6.56. The SMILES string of the molecule is NC1NC(C2CCCCN2)CC2C(Cl)CCCC12. The van der Waals surface area contributed by atoms with Crippen LogP contribution in [-0.2, 0) is 0 Å². The fraction of sp³-hybridized carbons (Fsp3) is 1.00. The summed E-state index contributed by atoms with van der Waals surface area (Å²) in [5.41, 5.74) is 6.35. The minimum Gasteiger partial charge on any atom is -0.316 e. The molecule has 0 radical (unpaired) electrons. The number of hydrogen-bond acceptors (Lipinski definition) is 3. The Balaban J connectivity index is 1.67. The first kappa shape index (κ1) is 13.2. The molecule has 3 aliphatic rings. The maximum Gasteiger partial charge on any atom is 0.0581 e. The first-order valence-corrected chi connectivity index (χ1v) is 8.08. The van der Waals surface area contributed by atoms with E-state index in [9.17, 15) is 0 Å². The molecule has 4 heteroatoms. The molecule has 3 fully saturated rings. The minimum absolute atomic E-state index is 0.152. The molecule has 6 atom stereocenters. The number of halogens is 1. The average molecular weight is 272 g/mol. The zero-order valence-electron chi connectivity index (χ0n) is 11.1. The van der Waals surface area contributed by atoms with Gasteiger partial charge in [-0.3, -0.25) is 5.32 Å². The molecular formula is C14H26ClN3. The lowest BCUT2D eigenvalue weighted by molar-refractivity contribution is 0.0906. The van der Waals surface area contributed by atoms with Gasteiger partial charge in [-0.2, -0.15) is 0 Å². The summed E-state index contributed by atoms with van der Waals surface area (Å²) in [6, 6.07) is 1.14. The smallest absolute Gasteiger partial charge is 0.0581 e. The molecule has 1 aliphatic carbocycles. The van der Waals surface area contributed by atoms with E-state index in [0.29, 0.717) is 29.3 Å². The number of nitrogens with two attached hydrogens (primary N) is 1. The van der Waals surface area contributed by atoms with Crippen molar-refractivity contribution >= 4 is 11.6 Å². The van der Waals surface area contributed by atoms with Crippen LogP contribution in [0, 0.1) is 11.8 Å². The monoisotopic (exact) mass is 271 g/mol. The van der Waals surface area contributed by atoms with Gasteiger partial charge < -0.3 is 11.1 Å². The molecule has 4 N–H and O–H groups in total. The van der Waals surface area contributed by atoms with Crippen molar-refractivity contribution in [3.05, 3.63) is 0 Å². The molecule has 6 unspecified atom stereocenters. The van der Waals surface area contributed by atoms with Gasteiger partial charge in [0.05, 0.1) is 6.17 Å². The first-order valence-electron chi connectivity index (χ1n) is 7.65. The summed E-state index contributed by atoms with van der Waals surface area (Å²) in [5.74, 6) is 1.23. The summed E-state index contributed by atoms with van der Waals surface area (Å²) in [4.78, 5) is 0. The largest absolute Gasteiger partial charge is 0.316 e. The van der Waals surface area contributed by atoms with Crippen molar-refractivity contribution in [3.8, 4) is 0 Å². The van der Waals surface area contributed by atoms with Crippen LogP contribution < -0.4 is 16.4 Å². The fourth-order valence-corrected chi connectivity index (χ4v) is 4.69. The maximum absolute atomic E-state index is 6.56. The van der Waals surface area contributed by atoms with E-state index < -0.39 is 0 Å². The minimum atomic E-state index is 0.152. The number of rotatable bonds is 1. The zero-order valence-corrected chi connectivity index (χ0v) is 11.8. The van der Waals surface area contributed by atoms with Crippen LogP contribution in [0.1, 0.15) is 44.9 Å². The number of hydrogen-bond donors (Lipinski definition) is 3. The number of nitrogens with one attached hydrogen (secondary N) is 2. The molecule has 2 aliphatic heterocycles. The van der Waals surface area contributed by atoms with E-state index >= 15 is 0 Å². The summed E-state index contributed by atoms with van der Waals surface area (Å²) in [6.07, 6.45) is 9.01. The Bertz CT molecular complexity index is 280. The van der Waals surface area contributed by atoms with E-state index in [1.807, 2.05) is 0 Å². The molecule has 0 spiro atoms. The Morgan fingerprint density at radius 1 is 0.944 bits per heavy atom. The van der Waals surface area contributed by atoms with E-state index in [1.54, 1.807) is 0 Å². The molecule has 3 rings (SSSR count). The van der Waals surface area contributed by atoms with Gasteiger partial charge in [0.1, 0.15) is 0 Å². The Kier molecular flexibility index (Phi) is 4.14. The Morgan fingerprint density at radius 2 is 1.83 bits per heavy atom. The van der Waals surface area contributed by atoms with E-state index in [4.69, 9.17) is 17.3 Å². The predicted molar refractivity (Wildman–Crippen MR) is 75.6 cm³/mol. The van der Waals surface area contributed by atoms with Crippen molar-refractivity contribution in [1.82, 2.24) is 10.6 Å². The molecule has 0 aromatic heterocycles. The first-order chi connectivity index (χ1) is 8.75. The van der Waals surface area contributed by atoms with Gasteiger partial charge in [0.2, 0.25) is 0 Å². The topological polar surface area (TPSA) is 50.1 Å². The Labute approximate surface area is 115 Å². The van der Waals surface area contributed by atoms with Crippen LogP contribution in [0.5, 0.6) is 0 Å². The fourth-order valence-electron chi connectivity index (χ4n) is 4.25. The molecular weight excluding hydrogens is 246 g/mol. The van der Waals surface area contributed by atoms with Crippen LogP contribution in [0.4, 0.5) is 0 Å². The number of fused-ring (bicyclic) bond motifs is 1. The molecule has 0 amide bonds. The lowest BCUT2D eigenvalue weighted by Gasteiger charge is -2.48. The standard InChI is InChI=1S/C14H26ClN3/c15-11-5-3-4-9-10(11)8-13(18-14(9)16)12-6-1-2-7-17-12/h9-14,17-18H,1-8,16H2.